The molecule has 0 spiro atoms. The average molecular weight is 513 g/mol. The average Bonchev–Trinajstić information content (AvgIpc) is 2.90. The van der Waals surface area contributed by atoms with Gasteiger partial charge in [0.05, 0.1) is 10.9 Å². The zero-order valence-electron chi connectivity index (χ0n) is 21.8. The lowest BCUT2D eigenvalue weighted by Gasteiger charge is -2.40. The van der Waals surface area contributed by atoms with Crippen LogP contribution in [0.15, 0.2) is 120 Å². The third kappa shape index (κ3) is 7.16. The second-order valence-electron chi connectivity index (χ2n) is 9.93. The maximum atomic E-state index is 13.7. The maximum absolute atomic E-state index is 13.7. The molecule has 0 heterocycles. The highest BCUT2D eigenvalue weighted by Crippen LogP contribution is 2.31. The van der Waals surface area contributed by atoms with Crippen LogP contribution < -0.4 is 4.72 Å². The van der Waals surface area contributed by atoms with Crippen molar-refractivity contribution in [2.24, 2.45) is 5.92 Å². The zero-order chi connectivity index (χ0) is 26.3. The Morgan fingerprint density at radius 1 is 0.676 bits per heavy atom. The summed E-state index contributed by atoms with van der Waals surface area (Å²) in [5.74, 6) is 0.165. The first-order chi connectivity index (χ1) is 17.8. The molecule has 0 aromatic heterocycles. The molecule has 0 amide bonds. The lowest BCUT2D eigenvalue weighted by atomic mass is 9.89. The summed E-state index contributed by atoms with van der Waals surface area (Å²) >= 11 is 0. The third-order valence-electron chi connectivity index (χ3n) is 6.68. The van der Waals surface area contributed by atoms with E-state index in [0.29, 0.717) is 13.1 Å². The van der Waals surface area contributed by atoms with Crippen LogP contribution in [0.2, 0.25) is 0 Å². The van der Waals surface area contributed by atoms with Gasteiger partial charge in [0.15, 0.2) is 0 Å². The van der Waals surface area contributed by atoms with E-state index in [1.54, 1.807) is 12.1 Å². The van der Waals surface area contributed by atoms with E-state index in [-0.39, 0.29) is 16.9 Å². The van der Waals surface area contributed by atoms with Crippen molar-refractivity contribution in [3.05, 3.63) is 138 Å². The van der Waals surface area contributed by atoms with Crippen molar-refractivity contribution in [3.8, 4) is 0 Å². The molecule has 37 heavy (non-hydrogen) atoms. The van der Waals surface area contributed by atoms with E-state index in [1.165, 1.54) is 11.1 Å². The smallest absolute Gasteiger partial charge is 0.241 e. The molecule has 0 aliphatic rings. The summed E-state index contributed by atoms with van der Waals surface area (Å²) in [6.07, 6.45) is 0. The molecule has 2 atom stereocenters. The molecular formula is C32H36N2O2S. The molecule has 0 saturated carbocycles. The van der Waals surface area contributed by atoms with Gasteiger partial charge in [0.2, 0.25) is 10.0 Å². The van der Waals surface area contributed by atoms with Gasteiger partial charge in [-0.1, -0.05) is 123 Å². The van der Waals surface area contributed by atoms with E-state index < -0.39 is 16.1 Å². The van der Waals surface area contributed by atoms with Gasteiger partial charge in [-0.3, -0.25) is 4.90 Å². The van der Waals surface area contributed by atoms with Crippen LogP contribution in [0, 0.1) is 12.8 Å². The lowest BCUT2D eigenvalue weighted by molar-refractivity contribution is 0.109. The Morgan fingerprint density at radius 3 is 1.59 bits per heavy atom. The molecule has 192 valence electrons. The highest BCUT2D eigenvalue weighted by atomic mass is 32.2. The summed E-state index contributed by atoms with van der Waals surface area (Å²) in [5.41, 5.74) is 4.35. The van der Waals surface area contributed by atoms with Crippen LogP contribution in [0.4, 0.5) is 0 Å². The van der Waals surface area contributed by atoms with Crippen molar-refractivity contribution in [2.75, 3.05) is 0 Å². The van der Waals surface area contributed by atoms with Crippen LogP contribution in [0.3, 0.4) is 0 Å². The number of rotatable bonds is 11. The standard InChI is InChI=1S/C32H36N2O2S/c1-25(2)32(34(23-27-13-7-4-8-14-27)24-28-15-9-5-10-16-28)31(29-17-11-6-12-18-29)33-37(35,36)30-21-19-26(3)20-22-30/h4-22,25,31-33H,23-24H2,1-3H3/t31-,32+/m1/s1. The summed E-state index contributed by atoms with van der Waals surface area (Å²) in [6, 6.07) is 37.2. The summed E-state index contributed by atoms with van der Waals surface area (Å²) < 4.78 is 30.4. The molecule has 0 aliphatic carbocycles. The fourth-order valence-electron chi connectivity index (χ4n) is 4.87. The molecule has 4 aromatic carbocycles. The first kappa shape index (κ1) is 26.8. The summed E-state index contributed by atoms with van der Waals surface area (Å²) in [4.78, 5) is 2.68. The van der Waals surface area contributed by atoms with Crippen LogP contribution in [0.5, 0.6) is 0 Å². The van der Waals surface area contributed by atoms with Gasteiger partial charge in [0, 0.05) is 19.1 Å². The lowest BCUT2D eigenvalue weighted by Crippen LogP contribution is -2.48. The Bertz CT molecular complexity index is 1300. The molecule has 0 fully saturated rings. The number of hydrogen-bond donors (Lipinski definition) is 1. The molecule has 4 nitrogen and oxygen atoms in total. The van der Waals surface area contributed by atoms with Gasteiger partial charge >= 0.3 is 0 Å². The number of sulfonamides is 1. The number of aryl methyl sites for hydroxylation is 1. The van der Waals surface area contributed by atoms with Crippen LogP contribution in [0.1, 0.15) is 42.1 Å². The van der Waals surface area contributed by atoms with Gasteiger partial charge in [-0.15, -0.1) is 0 Å². The van der Waals surface area contributed by atoms with E-state index >= 15 is 0 Å². The van der Waals surface area contributed by atoms with Crippen LogP contribution in [-0.2, 0) is 23.1 Å². The number of nitrogens with zero attached hydrogens (tertiary/aromatic N) is 1. The first-order valence-corrected chi connectivity index (χ1v) is 14.3. The molecule has 1 N–H and O–H groups in total. The van der Waals surface area contributed by atoms with Gasteiger partial charge in [0.25, 0.3) is 0 Å². The van der Waals surface area contributed by atoms with E-state index in [2.05, 4.69) is 72.0 Å². The second kappa shape index (κ2) is 12.3. The van der Waals surface area contributed by atoms with Crippen molar-refractivity contribution in [1.82, 2.24) is 9.62 Å². The second-order valence-corrected chi connectivity index (χ2v) is 11.6. The number of benzene rings is 4. The highest BCUT2D eigenvalue weighted by Gasteiger charge is 2.35. The molecule has 0 aliphatic heterocycles. The summed E-state index contributed by atoms with van der Waals surface area (Å²) in [6.45, 7) is 7.70. The van der Waals surface area contributed by atoms with E-state index in [9.17, 15) is 8.42 Å². The minimum absolute atomic E-state index is 0.108. The quantitative estimate of drug-likeness (QED) is 0.242. The topological polar surface area (TPSA) is 49.4 Å². The summed E-state index contributed by atoms with van der Waals surface area (Å²) in [7, 11) is -3.76. The van der Waals surface area contributed by atoms with Crippen LogP contribution in [-0.4, -0.2) is 19.4 Å². The van der Waals surface area contributed by atoms with Gasteiger partial charge in [-0.2, -0.15) is 0 Å². The minimum atomic E-state index is -3.76. The zero-order valence-corrected chi connectivity index (χ0v) is 22.6. The molecule has 0 radical (unpaired) electrons. The Hall–Kier alpha value is -3.25. The van der Waals surface area contributed by atoms with Crippen molar-refractivity contribution >= 4 is 10.0 Å². The fourth-order valence-corrected chi connectivity index (χ4v) is 6.11. The molecule has 4 rings (SSSR count). The highest BCUT2D eigenvalue weighted by molar-refractivity contribution is 7.89. The normalized spacial score (nSPS) is 13.5. The minimum Gasteiger partial charge on any atom is -0.290 e. The Morgan fingerprint density at radius 2 is 1.14 bits per heavy atom. The first-order valence-electron chi connectivity index (χ1n) is 12.8. The van der Waals surface area contributed by atoms with E-state index in [0.717, 1.165) is 11.1 Å². The van der Waals surface area contributed by atoms with Crippen molar-refractivity contribution in [2.45, 2.75) is 50.8 Å². The van der Waals surface area contributed by atoms with Gasteiger partial charge in [-0.25, -0.2) is 13.1 Å². The largest absolute Gasteiger partial charge is 0.290 e. The Labute approximate surface area is 222 Å². The Balaban J connectivity index is 1.77. The maximum Gasteiger partial charge on any atom is 0.241 e. The predicted molar refractivity (Wildman–Crippen MR) is 151 cm³/mol. The van der Waals surface area contributed by atoms with Gasteiger partial charge in [0.1, 0.15) is 0 Å². The summed E-state index contributed by atoms with van der Waals surface area (Å²) in [5, 5.41) is 0. The third-order valence-corrected chi connectivity index (χ3v) is 8.13. The number of nitrogens with one attached hydrogen (secondary N) is 1. The Kier molecular flexibility index (Phi) is 8.93. The molecule has 0 unspecified atom stereocenters. The predicted octanol–water partition coefficient (Wildman–Crippen LogP) is 6.74. The molecule has 4 aromatic rings. The van der Waals surface area contributed by atoms with Crippen molar-refractivity contribution in [3.63, 3.8) is 0 Å². The molecule has 0 bridgehead atoms. The fraction of sp³-hybridized carbons (Fsp3) is 0.250. The SMILES string of the molecule is Cc1ccc(S(=O)(=O)N[C@H](c2ccccc2)[C@H](C(C)C)N(Cc2ccccc2)Cc2ccccc2)cc1. The van der Waals surface area contributed by atoms with Crippen molar-refractivity contribution in [1.29, 1.82) is 0 Å². The number of hydrogen-bond acceptors (Lipinski definition) is 3. The van der Waals surface area contributed by atoms with Crippen LogP contribution in [0.25, 0.3) is 0 Å². The monoisotopic (exact) mass is 512 g/mol. The van der Waals surface area contributed by atoms with E-state index in [1.807, 2.05) is 61.5 Å². The van der Waals surface area contributed by atoms with Crippen LogP contribution >= 0.6 is 0 Å². The van der Waals surface area contributed by atoms with Gasteiger partial charge in [-0.05, 0) is 41.7 Å². The molecular weight excluding hydrogens is 476 g/mol. The molecule has 0 saturated heterocycles. The van der Waals surface area contributed by atoms with E-state index in [4.69, 9.17) is 0 Å². The van der Waals surface area contributed by atoms with Gasteiger partial charge < -0.3 is 0 Å². The molecule has 5 heteroatoms. The van der Waals surface area contributed by atoms with Crippen molar-refractivity contribution < 1.29 is 8.42 Å².